The Morgan fingerprint density at radius 2 is 1.68 bits per heavy atom. The largest absolute Gasteiger partial charge is 0.497 e. The van der Waals surface area contributed by atoms with E-state index in [2.05, 4.69) is 33.5 Å². The Labute approximate surface area is 165 Å². The maximum absolute atomic E-state index is 5.94. The smallest absolute Gasteiger partial charge is 0.235 e. The van der Waals surface area contributed by atoms with E-state index in [1.54, 1.807) is 11.6 Å². The number of rotatable bonds is 5. The molecule has 0 aliphatic carbocycles. The summed E-state index contributed by atoms with van der Waals surface area (Å²) in [6, 6.07) is 22.0. The Bertz CT molecular complexity index is 1260. The van der Waals surface area contributed by atoms with Gasteiger partial charge in [-0.05, 0) is 47.2 Å². The zero-order chi connectivity index (χ0) is 18.9. The van der Waals surface area contributed by atoms with Crippen LogP contribution in [0.3, 0.4) is 0 Å². The van der Waals surface area contributed by atoms with E-state index < -0.39 is 0 Å². The van der Waals surface area contributed by atoms with Crippen LogP contribution in [0.5, 0.6) is 11.5 Å². The average Bonchev–Trinajstić information content (AvgIpc) is 3.32. The van der Waals surface area contributed by atoms with Crippen molar-refractivity contribution in [2.24, 2.45) is 0 Å². The van der Waals surface area contributed by atoms with E-state index in [1.807, 2.05) is 48.5 Å². The van der Waals surface area contributed by atoms with Gasteiger partial charge in [-0.2, -0.15) is 9.61 Å². The Balaban J connectivity index is 1.38. The summed E-state index contributed by atoms with van der Waals surface area (Å²) in [6.07, 6.45) is 0. The summed E-state index contributed by atoms with van der Waals surface area (Å²) in [5.74, 6) is 2.32. The van der Waals surface area contributed by atoms with Gasteiger partial charge in [0.25, 0.3) is 0 Å². The summed E-state index contributed by atoms with van der Waals surface area (Å²) >= 11 is 1.47. The van der Waals surface area contributed by atoms with E-state index in [-0.39, 0.29) is 0 Å². The van der Waals surface area contributed by atoms with Crippen molar-refractivity contribution in [3.05, 3.63) is 71.7 Å². The van der Waals surface area contributed by atoms with Crippen molar-refractivity contribution in [2.45, 2.75) is 6.61 Å². The third-order valence-corrected chi connectivity index (χ3v) is 5.34. The average molecular weight is 388 g/mol. The highest BCUT2D eigenvalue weighted by atomic mass is 32.1. The van der Waals surface area contributed by atoms with Crippen LogP contribution in [-0.4, -0.2) is 26.9 Å². The first-order valence-corrected chi connectivity index (χ1v) is 9.59. The van der Waals surface area contributed by atoms with Crippen molar-refractivity contribution >= 4 is 27.1 Å². The van der Waals surface area contributed by atoms with Crippen LogP contribution in [0.2, 0.25) is 0 Å². The third kappa shape index (κ3) is 3.05. The van der Waals surface area contributed by atoms with Crippen molar-refractivity contribution in [1.29, 1.82) is 0 Å². The summed E-state index contributed by atoms with van der Waals surface area (Å²) in [5, 5.41) is 16.3. The standard InChI is InChI=1S/C21H16N4O2S/c1-26-17-9-7-15(8-10-17)20-22-23-21-25(20)24-19(28-21)13-27-18-11-6-14-4-2-3-5-16(14)12-18/h2-12H,13H2,1H3. The monoisotopic (exact) mass is 388 g/mol. The molecule has 0 fully saturated rings. The van der Waals surface area contributed by atoms with Crippen molar-refractivity contribution in [1.82, 2.24) is 19.8 Å². The van der Waals surface area contributed by atoms with Crippen LogP contribution in [0.1, 0.15) is 5.01 Å². The topological polar surface area (TPSA) is 61.5 Å². The Hall–Kier alpha value is -3.45. The van der Waals surface area contributed by atoms with Gasteiger partial charge in [0.2, 0.25) is 4.96 Å². The summed E-state index contributed by atoms with van der Waals surface area (Å²) in [5.41, 5.74) is 0.931. The maximum atomic E-state index is 5.94. The zero-order valence-corrected chi connectivity index (χ0v) is 15.9. The summed E-state index contributed by atoms with van der Waals surface area (Å²) in [6.45, 7) is 0.383. The van der Waals surface area contributed by atoms with E-state index in [4.69, 9.17) is 9.47 Å². The van der Waals surface area contributed by atoms with E-state index in [1.165, 1.54) is 16.7 Å². The van der Waals surface area contributed by atoms with Crippen molar-refractivity contribution in [2.75, 3.05) is 7.11 Å². The molecule has 0 radical (unpaired) electrons. The Morgan fingerprint density at radius 3 is 2.50 bits per heavy atom. The van der Waals surface area contributed by atoms with Gasteiger partial charge in [0.05, 0.1) is 7.11 Å². The van der Waals surface area contributed by atoms with E-state index in [9.17, 15) is 0 Å². The molecule has 2 heterocycles. The van der Waals surface area contributed by atoms with Gasteiger partial charge in [0.1, 0.15) is 18.1 Å². The second-order valence-corrected chi connectivity index (χ2v) is 7.28. The minimum Gasteiger partial charge on any atom is -0.497 e. The number of nitrogens with zero attached hydrogens (tertiary/aromatic N) is 4. The fourth-order valence-electron chi connectivity index (χ4n) is 3.04. The number of methoxy groups -OCH3 is 1. The Kier molecular flexibility index (Phi) is 4.14. The molecule has 28 heavy (non-hydrogen) atoms. The predicted octanol–water partition coefficient (Wildman–Crippen LogP) is 4.59. The fourth-order valence-corrected chi connectivity index (χ4v) is 3.78. The van der Waals surface area contributed by atoms with Crippen LogP contribution >= 0.6 is 11.3 Å². The quantitative estimate of drug-likeness (QED) is 0.441. The van der Waals surface area contributed by atoms with Crippen LogP contribution < -0.4 is 9.47 Å². The third-order valence-electron chi connectivity index (χ3n) is 4.46. The minimum absolute atomic E-state index is 0.383. The lowest BCUT2D eigenvalue weighted by atomic mass is 10.1. The molecule has 0 saturated heterocycles. The number of benzene rings is 3. The van der Waals surface area contributed by atoms with E-state index in [0.717, 1.165) is 32.4 Å². The molecule has 0 aliphatic rings. The lowest BCUT2D eigenvalue weighted by Gasteiger charge is -2.05. The van der Waals surface area contributed by atoms with Gasteiger partial charge in [-0.25, -0.2) is 0 Å². The number of hydrogen-bond donors (Lipinski definition) is 0. The number of fused-ring (bicyclic) bond motifs is 2. The molecule has 2 aromatic heterocycles. The molecule has 0 unspecified atom stereocenters. The molecule has 5 aromatic rings. The molecule has 138 valence electrons. The summed E-state index contributed by atoms with van der Waals surface area (Å²) in [7, 11) is 1.65. The number of hydrogen-bond acceptors (Lipinski definition) is 6. The van der Waals surface area contributed by atoms with Crippen LogP contribution in [0.15, 0.2) is 66.7 Å². The minimum atomic E-state index is 0.383. The molecule has 6 nitrogen and oxygen atoms in total. The first kappa shape index (κ1) is 16.7. The van der Waals surface area contributed by atoms with Gasteiger partial charge >= 0.3 is 0 Å². The lowest BCUT2D eigenvalue weighted by Crippen LogP contribution is -1.97. The molecule has 0 N–H and O–H groups in total. The summed E-state index contributed by atoms with van der Waals surface area (Å²) in [4.78, 5) is 0.739. The Morgan fingerprint density at radius 1 is 0.893 bits per heavy atom. The normalized spacial score (nSPS) is 11.2. The van der Waals surface area contributed by atoms with Gasteiger partial charge < -0.3 is 9.47 Å². The highest BCUT2D eigenvalue weighted by Gasteiger charge is 2.14. The van der Waals surface area contributed by atoms with Gasteiger partial charge in [0.15, 0.2) is 10.8 Å². The van der Waals surface area contributed by atoms with Crippen molar-refractivity contribution < 1.29 is 9.47 Å². The van der Waals surface area contributed by atoms with Gasteiger partial charge in [-0.1, -0.05) is 41.7 Å². The van der Waals surface area contributed by atoms with Gasteiger partial charge in [-0.15, -0.1) is 10.2 Å². The molecule has 0 atom stereocenters. The van der Waals surface area contributed by atoms with Crippen LogP contribution in [0.25, 0.3) is 27.1 Å². The molecule has 0 saturated carbocycles. The molecule has 3 aromatic carbocycles. The molecule has 0 amide bonds. The molecular weight excluding hydrogens is 372 g/mol. The molecular formula is C21H16N4O2S. The van der Waals surface area contributed by atoms with Crippen LogP contribution in [-0.2, 0) is 6.61 Å². The molecule has 5 rings (SSSR count). The zero-order valence-electron chi connectivity index (χ0n) is 15.1. The van der Waals surface area contributed by atoms with E-state index >= 15 is 0 Å². The van der Waals surface area contributed by atoms with Crippen molar-refractivity contribution in [3.63, 3.8) is 0 Å². The number of ether oxygens (including phenoxy) is 2. The predicted molar refractivity (Wildman–Crippen MR) is 109 cm³/mol. The molecule has 0 aliphatic heterocycles. The lowest BCUT2D eigenvalue weighted by molar-refractivity contribution is 0.304. The molecule has 0 spiro atoms. The van der Waals surface area contributed by atoms with Crippen LogP contribution in [0, 0.1) is 0 Å². The summed E-state index contributed by atoms with van der Waals surface area (Å²) < 4.78 is 12.9. The SMILES string of the molecule is COc1ccc(-c2nnc3sc(COc4ccc5ccccc5c4)nn23)cc1. The van der Waals surface area contributed by atoms with Crippen LogP contribution in [0.4, 0.5) is 0 Å². The fraction of sp³-hybridized carbons (Fsp3) is 0.0952. The van der Waals surface area contributed by atoms with Gasteiger partial charge in [-0.3, -0.25) is 0 Å². The highest BCUT2D eigenvalue weighted by molar-refractivity contribution is 7.16. The first-order valence-electron chi connectivity index (χ1n) is 8.77. The van der Waals surface area contributed by atoms with Crippen molar-refractivity contribution in [3.8, 4) is 22.9 Å². The second-order valence-electron chi connectivity index (χ2n) is 6.24. The van der Waals surface area contributed by atoms with Gasteiger partial charge in [0, 0.05) is 5.56 Å². The number of aromatic nitrogens is 4. The highest BCUT2D eigenvalue weighted by Crippen LogP contribution is 2.25. The van der Waals surface area contributed by atoms with E-state index in [0.29, 0.717) is 12.4 Å². The molecule has 0 bridgehead atoms. The molecule has 7 heteroatoms. The first-order chi connectivity index (χ1) is 13.8. The maximum Gasteiger partial charge on any atom is 0.235 e. The second kappa shape index (κ2) is 6.94.